The molecule has 0 radical (unpaired) electrons. The molecule has 2 rings (SSSR count). The summed E-state index contributed by atoms with van der Waals surface area (Å²) in [5, 5.41) is 0. The highest BCUT2D eigenvalue weighted by Crippen LogP contribution is 2.23. The van der Waals surface area contributed by atoms with Gasteiger partial charge in [-0.05, 0) is 43.7 Å². The maximum atomic E-state index is 5.47. The normalized spacial score (nSPS) is 29.2. The van der Waals surface area contributed by atoms with E-state index in [0.29, 0.717) is 5.92 Å². The zero-order chi connectivity index (χ0) is 12.6. The van der Waals surface area contributed by atoms with Gasteiger partial charge in [-0.2, -0.15) is 0 Å². The summed E-state index contributed by atoms with van der Waals surface area (Å²) < 4.78 is 5.47. The smallest absolute Gasteiger partial charge is 0.128 e. The summed E-state index contributed by atoms with van der Waals surface area (Å²) in [6.45, 7) is 2.20. The van der Waals surface area contributed by atoms with Crippen LogP contribution >= 0.6 is 0 Å². The SMILES string of the molecule is CC1C=NC(c2ccco2)C/C=C/CC/C=C/C1. The van der Waals surface area contributed by atoms with Crippen molar-refractivity contribution >= 4 is 6.21 Å². The van der Waals surface area contributed by atoms with Gasteiger partial charge in [-0.1, -0.05) is 31.2 Å². The van der Waals surface area contributed by atoms with Crippen LogP contribution in [0.4, 0.5) is 0 Å². The quantitative estimate of drug-likeness (QED) is 0.655. The number of nitrogens with zero attached hydrogens (tertiary/aromatic N) is 1. The number of furan rings is 1. The molecular weight excluding hydrogens is 222 g/mol. The molecule has 2 nitrogen and oxygen atoms in total. The van der Waals surface area contributed by atoms with Crippen LogP contribution in [0.5, 0.6) is 0 Å². The molecule has 2 atom stereocenters. The van der Waals surface area contributed by atoms with Crippen molar-refractivity contribution in [1.29, 1.82) is 0 Å². The first-order chi connectivity index (χ1) is 8.86. The van der Waals surface area contributed by atoms with Gasteiger partial charge in [0.15, 0.2) is 0 Å². The average molecular weight is 243 g/mol. The summed E-state index contributed by atoms with van der Waals surface area (Å²) in [6, 6.07) is 4.06. The third-order valence-electron chi connectivity index (χ3n) is 3.09. The Bertz CT molecular complexity index is 414. The fraction of sp³-hybridized carbons (Fsp3) is 0.438. The first kappa shape index (κ1) is 12.9. The van der Waals surface area contributed by atoms with Crippen LogP contribution in [0, 0.1) is 5.92 Å². The predicted octanol–water partition coefficient (Wildman–Crippen LogP) is 4.71. The van der Waals surface area contributed by atoms with E-state index in [9.17, 15) is 0 Å². The van der Waals surface area contributed by atoms with Crippen LogP contribution < -0.4 is 0 Å². The van der Waals surface area contributed by atoms with Crippen molar-refractivity contribution in [2.45, 2.75) is 38.6 Å². The van der Waals surface area contributed by atoms with E-state index in [2.05, 4.69) is 42.4 Å². The molecule has 0 fully saturated rings. The summed E-state index contributed by atoms with van der Waals surface area (Å²) in [6.07, 6.45) is 17.0. The second-order valence-corrected chi connectivity index (χ2v) is 4.80. The van der Waals surface area contributed by atoms with E-state index in [1.807, 2.05) is 12.1 Å². The molecule has 0 amide bonds. The zero-order valence-corrected chi connectivity index (χ0v) is 11.0. The standard InChI is InChI=1S/C16H21NO/c1-14-9-6-4-2-3-5-7-10-15(17-13-14)16-11-8-12-18-16/h4-8,11-15H,2-3,9-10H2,1H3/b6-4+,7-5+,17-13?. The lowest BCUT2D eigenvalue weighted by Gasteiger charge is -2.09. The maximum absolute atomic E-state index is 5.47. The van der Waals surface area contributed by atoms with Crippen LogP contribution in [-0.4, -0.2) is 6.21 Å². The molecule has 2 heterocycles. The molecule has 1 aromatic rings. The number of rotatable bonds is 1. The van der Waals surface area contributed by atoms with Gasteiger partial charge in [0.05, 0.1) is 6.26 Å². The van der Waals surface area contributed by atoms with E-state index >= 15 is 0 Å². The minimum Gasteiger partial charge on any atom is -0.467 e. The molecule has 1 aliphatic rings. The topological polar surface area (TPSA) is 25.5 Å². The molecule has 0 N–H and O–H groups in total. The molecule has 0 aromatic carbocycles. The second-order valence-electron chi connectivity index (χ2n) is 4.80. The van der Waals surface area contributed by atoms with Crippen molar-refractivity contribution in [3.63, 3.8) is 0 Å². The van der Waals surface area contributed by atoms with Crippen LogP contribution in [0.25, 0.3) is 0 Å². The molecule has 2 heteroatoms. The fourth-order valence-electron chi connectivity index (χ4n) is 2.01. The van der Waals surface area contributed by atoms with Gasteiger partial charge in [-0.15, -0.1) is 0 Å². The maximum Gasteiger partial charge on any atom is 0.128 e. The third kappa shape index (κ3) is 4.02. The molecule has 0 bridgehead atoms. The monoisotopic (exact) mass is 243 g/mol. The molecule has 0 aliphatic carbocycles. The summed E-state index contributed by atoms with van der Waals surface area (Å²) in [4.78, 5) is 4.68. The first-order valence-corrected chi connectivity index (χ1v) is 6.73. The van der Waals surface area contributed by atoms with Crippen LogP contribution in [0.2, 0.25) is 0 Å². The first-order valence-electron chi connectivity index (χ1n) is 6.73. The minimum absolute atomic E-state index is 0.127. The number of aliphatic imine (C=N–C) groups is 1. The highest BCUT2D eigenvalue weighted by Gasteiger charge is 2.10. The number of hydrogen-bond donors (Lipinski definition) is 0. The van der Waals surface area contributed by atoms with Gasteiger partial charge in [-0.25, -0.2) is 0 Å². The highest BCUT2D eigenvalue weighted by molar-refractivity contribution is 5.60. The number of hydrogen-bond acceptors (Lipinski definition) is 2. The average Bonchev–Trinajstić information content (AvgIpc) is 2.87. The van der Waals surface area contributed by atoms with Gasteiger partial charge in [0.2, 0.25) is 0 Å². The van der Waals surface area contributed by atoms with E-state index in [4.69, 9.17) is 4.42 Å². The Balaban J connectivity index is 2.11. The molecule has 2 unspecified atom stereocenters. The van der Waals surface area contributed by atoms with Crippen molar-refractivity contribution in [3.8, 4) is 0 Å². The predicted molar refractivity (Wildman–Crippen MR) is 75.9 cm³/mol. The Labute approximate surface area is 109 Å². The summed E-state index contributed by atoms with van der Waals surface area (Å²) in [5.41, 5.74) is 0. The van der Waals surface area contributed by atoms with Crippen LogP contribution in [0.15, 0.2) is 52.1 Å². The van der Waals surface area contributed by atoms with Crippen LogP contribution in [0.3, 0.4) is 0 Å². The minimum atomic E-state index is 0.127. The van der Waals surface area contributed by atoms with Crippen molar-refractivity contribution < 1.29 is 4.42 Å². The molecular formula is C16H21NO. The Hall–Kier alpha value is -1.57. The Morgan fingerprint density at radius 1 is 1.11 bits per heavy atom. The third-order valence-corrected chi connectivity index (χ3v) is 3.09. The van der Waals surface area contributed by atoms with E-state index < -0.39 is 0 Å². The van der Waals surface area contributed by atoms with E-state index in [1.165, 1.54) is 0 Å². The van der Waals surface area contributed by atoms with Gasteiger partial charge < -0.3 is 4.42 Å². The lowest BCUT2D eigenvalue weighted by Crippen LogP contribution is -1.99. The number of allylic oxidation sites excluding steroid dienone is 3. The summed E-state index contributed by atoms with van der Waals surface area (Å²) >= 11 is 0. The lowest BCUT2D eigenvalue weighted by molar-refractivity contribution is 0.468. The van der Waals surface area contributed by atoms with Crippen molar-refractivity contribution in [2.75, 3.05) is 0 Å². The molecule has 96 valence electrons. The Morgan fingerprint density at radius 2 is 1.89 bits per heavy atom. The lowest BCUT2D eigenvalue weighted by atomic mass is 10.1. The van der Waals surface area contributed by atoms with Crippen molar-refractivity contribution in [1.82, 2.24) is 0 Å². The van der Waals surface area contributed by atoms with E-state index in [1.54, 1.807) is 6.26 Å². The van der Waals surface area contributed by atoms with E-state index in [-0.39, 0.29) is 6.04 Å². The Morgan fingerprint density at radius 3 is 2.61 bits per heavy atom. The molecule has 1 aliphatic heterocycles. The molecule has 18 heavy (non-hydrogen) atoms. The molecule has 0 spiro atoms. The largest absolute Gasteiger partial charge is 0.467 e. The van der Waals surface area contributed by atoms with Crippen molar-refractivity contribution in [3.05, 3.63) is 48.5 Å². The Kier molecular flexibility index (Phi) is 5.00. The summed E-state index contributed by atoms with van der Waals surface area (Å²) in [5.74, 6) is 1.44. The van der Waals surface area contributed by atoms with Crippen molar-refractivity contribution in [2.24, 2.45) is 10.9 Å². The van der Waals surface area contributed by atoms with Gasteiger partial charge >= 0.3 is 0 Å². The van der Waals surface area contributed by atoms with E-state index in [0.717, 1.165) is 31.4 Å². The van der Waals surface area contributed by atoms with Gasteiger partial charge in [-0.3, -0.25) is 4.99 Å². The molecule has 1 aromatic heterocycles. The fourth-order valence-corrected chi connectivity index (χ4v) is 2.01. The van der Waals surface area contributed by atoms with Gasteiger partial charge in [0, 0.05) is 6.21 Å². The highest BCUT2D eigenvalue weighted by atomic mass is 16.3. The molecule has 0 saturated carbocycles. The second kappa shape index (κ2) is 7.00. The van der Waals surface area contributed by atoms with Gasteiger partial charge in [0.25, 0.3) is 0 Å². The van der Waals surface area contributed by atoms with Crippen LogP contribution in [0.1, 0.15) is 44.4 Å². The summed E-state index contributed by atoms with van der Waals surface area (Å²) in [7, 11) is 0. The molecule has 0 saturated heterocycles. The van der Waals surface area contributed by atoms with Gasteiger partial charge in [0.1, 0.15) is 11.8 Å². The van der Waals surface area contributed by atoms with Crippen LogP contribution in [-0.2, 0) is 0 Å². The zero-order valence-electron chi connectivity index (χ0n) is 11.0.